The number of benzene rings is 1. The van der Waals surface area contributed by atoms with Crippen LogP contribution in [-0.4, -0.2) is 12.3 Å². The van der Waals surface area contributed by atoms with Crippen LogP contribution in [0.1, 0.15) is 61.7 Å². The quantitative estimate of drug-likeness (QED) is 0.855. The largest absolute Gasteiger partial charge is 0.416 e. The Morgan fingerprint density at radius 3 is 2.50 bits per heavy atom. The van der Waals surface area contributed by atoms with Gasteiger partial charge < -0.3 is 4.84 Å². The number of hydroxylamine groups is 1. The van der Waals surface area contributed by atoms with E-state index in [0.717, 1.165) is 28.7 Å². The van der Waals surface area contributed by atoms with Gasteiger partial charge in [0.25, 0.3) is 0 Å². The number of rotatable bonds is 3. The van der Waals surface area contributed by atoms with Gasteiger partial charge in [0, 0.05) is 11.1 Å². The Kier molecular flexibility index (Phi) is 4.00. The standard InChI is InChI=1S/C17H23NO2/c1-6-14-15(11(2)19)7-13(17(3,4)5)8-16(14)12-9-18-20-10-12/h7-8,10,18H,6,9H2,1-5H3. The molecule has 1 aromatic rings. The highest BCUT2D eigenvalue weighted by Gasteiger charge is 2.22. The average Bonchev–Trinajstić information content (AvgIpc) is 2.89. The van der Waals surface area contributed by atoms with Crippen LogP contribution in [0.2, 0.25) is 0 Å². The van der Waals surface area contributed by atoms with E-state index in [1.54, 1.807) is 13.2 Å². The first-order chi connectivity index (χ1) is 9.34. The molecule has 0 saturated carbocycles. The third-order valence-electron chi connectivity index (χ3n) is 3.74. The summed E-state index contributed by atoms with van der Waals surface area (Å²) in [7, 11) is 0. The summed E-state index contributed by atoms with van der Waals surface area (Å²) in [4.78, 5) is 17.1. The van der Waals surface area contributed by atoms with Crippen molar-refractivity contribution in [3.05, 3.63) is 40.6 Å². The molecule has 2 rings (SSSR count). The summed E-state index contributed by atoms with van der Waals surface area (Å²) in [5.74, 6) is 0.127. The Balaban J connectivity index is 2.69. The molecule has 0 aromatic heterocycles. The summed E-state index contributed by atoms with van der Waals surface area (Å²) >= 11 is 0. The Bertz CT molecular complexity index is 565. The van der Waals surface area contributed by atoms with Gasteiger partial charge in [-0.05, 0) is 41.5 Å². The second-order valence-corrected chi connectivity index (χ2v) is 6.29. The zero-order chi connectivity index (χ0) is 14.9. The molecule has 0 aliphatic carbocycles. The van der Waals surface area contributed by atoms with Gasteiger partial charge in [0.05, 0.1) is 6.54 Å². The fraction of sp³-hybridized carbons (Fsp3) is 0.471. The van der Waals surface area contributed by atoms with Crippen LogP contribution >= 0.6 is 0 Å². The van der Waals surface area contributed by atoms with Crippen LogP contribution in [0.4, 0.5) is 0 Å². The van der Waals surface area contributed by atoms with Crippen molar-refractivity contribution in [3.63, 3.8) is 0 Å². The van der Waals surface area contributed by atoms with Crippen LogP contribution in [0.15, 0.2) is 18.4 Å². The number of hydrogen-bond donors (Lipinski definition) is 1. The summed E-state index contributed by atoms with van der Waals surface area (Å²) < 4.78 is 0. The van der Waals surface area contributed by atoms with Crippen LogP contribution in [0, 0.1) is 0 Å². The van der Waals surface area contributed by atoms with Gasteiger partial charge in [0.2, 0.25) is 0 Å². The minimum Gasteiger partial charge on any atom is -0.416 e. The molecule has 1 N–H and O–H groups in total. The van der Waals surface area contributed by atoms with Crippen molar-refractivity contribution in [2.24, 2.45) is 0 Å². The Labute approximate surface area is 121 Å². The second kappa shape index (κ2) is 5.41. The fourth-order valence-corrected chi connectivity index (χ4v) is 2.52. The summed E-state index contributed by atoms with van der Waals surface area (Å²) in [5.41, 5.74) is 8.24. The van der Waals surface area contributed by atoms with Crippen LogP contribution < -0.4 is 5.48 Å². The second-order valence-electron chi connectivity index (χ2n) is 6.29. The highest BCUT2D eigenvalue weighted by atomic mass is 16.6. The summed E-state index contributed by atoms with van der Waals surface area (Å²) in [6.07, 6.45) is 2.58. The summed E-state index contributed by atoms with van der Waals surface area (Å²) in [6.45, 7) is 10.9. The molecule has 1 aliphatic heterocycles. The molecule has 0 fully saturated rings. The van der Waals surface area contributed by atoms with Crippen molar-refractivity contribution >= 4 is 11.4 Å². The van der Waals surface area contributed by atoms with Gasteiger partial charge in [-0.1, -0.05) is 33.8 Å². The number of hydrogen-bond acceptors (Lipinski definition) is 3. The normalized spacial score (nSPS) is 14.9. The first kappa shape index (κ1) is 14.8. The highest BCUT2D eigenvalue weighted by molar-refractivity contribution is 5.97. The van der Waals surface area contributed by atoms with Crippen molar-refractivity contribution in [1.82, 2.24) is 5.48 Å². The third kappa shape index (κ3) is 2.78. The van der Waals surface area contributed by atoms with E-state index >= 15 is 0 Å². The topological polar surface area (TPSA) is 38.3 Å². The average molecular weight is 273 g/mol. The molecular formula is C17H23NO2. The van der Waals surface area contributed by atoms with E-state index in [-0.39, 0.29) is 11.2 Å². The first-order valence-corrected chi connectivity index (χ1v) is 7.11. The molecule has 1 aliphatic rings. The number of ketones is 1. The predicted molar refractivity (Wildman–Crippen MR) is 81.6 cm³/mol. The van der Waals surface area contributed by atoms with E-state index in [9.17, 15) is 4.79 Å². The van der Waals surface area contributed by atoms with E-state index in [4.69, 9.17) is 4.84 Å². The number of carbonyl (C=O) groups excluding carboxylic acids is 1. The number of Topliss-reactive ketones (excluding diaryl/α,β-unsaturated/α-hetero) is 1. The molecule has 0 saturated heterocycles. The lowest BCUT2D eigenvalue weighted by atomic mass is 9.81. The molecule has 0 radical (unpaired) electrons. The smallest absolute Gasteiger partial charge is 0.160 e. The molecular weight excluding hydrogens is 250 g/mol. The lowest BCUT2D eigenvalue weighted by molar-refractivity contribution is 0.101. The third-order valence-corrected chi connectivity index (χ3v) is 3.74. The molecule has 108 valence electrons. The molecule has 0 amide bonds. The SMILES string of the molecule is CCc1c(C(C)=O)cc(C(C)(C)C)cc1C1=CONC1. The van der Waals surface area contributed by atoms with Crippen molar-refractivity contribution in [3.8, 4) is 0 Å². The Morgan fingerprint density at radius 1 is 1.35 bits per heavy atom. The van der Waals surface area contributed by atoms with Crippen LogP contribution in [0.25, 0.3) is 5.57 Å². The minimum absolute atomic E-state index is 0.0126. The van der Waals surface area contributed by atoms with Crippen LogP contribution in [0.3, 0.4) is 0 Å². The maximum absolute atomic E-state index is 12.0. The highest BCUT2D eigenvalue weighted by Crippen LogP contribution is 2.32. The van der Waals surface area contributed by atoms with Gasteiger partial charge in [0.1, 0.15) is 6.26 Å². The van der Waals surface area contributed by atoms with E-state index in [0.29, 0.717) is 6.54 Å². The summed E-state index contributed by atoms with van der Waals surface area (Å²) in [5, 5.41) is 0. The van der Waals surface area contributed by atoms with Crippen molar-refractivity contribution < 1.29 is 9.63 Å². The van der Waals surface area contributed by atoms with Gasteiger partial charge in [-0.3, -0.25) is 4.79 Å². The van der Waals surface area contributed by atoms with Gasteiger partial charge in [-0.25, -0.2) is 0 Å². The monoisotopic (exact) mass is 273 g/mol. The zero-order valence-corrected chi connectivity index (χ0v) is 13.0. The van der Waals surface area contributed by atoms with Crippen LogP contribution in [-0.2, 0) is 16.7 Å². The molecule has 0 atom stereocenters. The molecule has 3 heteroatoms. The predicted octanol–water partition coefficient (Wildman–Crippen LogP) is 3.62. The molecule has 0 unspecified atom stereocenters. The Hall–Kier alpha value is -1.61. The fourth-order valence-electron chi connectivity index (χ4n) is 2.52. The molecule has 1 aromatic carbocycles. The maximum Gasteiger partial charge on any atom is 0.160 e. The minimum atomic E-state index is 0.0126. The van der Waals surface area contributed by atoms with Crippen molar-refractivity contribution in [1.29, 1.82) is 0 Å². The van der Waals surface area contributed by atoms with Gasteiger partial charge in [-0.15, -0.1) is 0 Å². The lowest BCUT2D eigenvalue weighted by Gasteiger charge is -2.23. The maximum atomic E-state index is 12.0. The van der Waals surface area contributed by atoms with Gasteiger partial charge in [-0.2, -0.15) is 5.48 Å². The first-order valence-electron chi connectivity index (χ1n) is 7.11. The molecule has 20 heavy (non-hydrogen) atoms. The zero-order valence-electron chi connectivity index (χ0n) is 13.0. The molecule has 0 bridgehead atoms. The van der Waals surface area contributed by atoms with E-state index in [2.05, 4.69) is 45.3 Å². The summed E-state index contributed by atoms with van der Waals surface area (Å²) in [6, 6.07) is 4.25. The van der Waals surface area contributed by atoms with Crippen molar-refractivity contribution in [2.75, 3.05) is 6.54 Å². The Morgan fingerprint density at radius 2 is 2.05 bits per heavy atom. The molecule has 1 heterocycles. The molecule has 0 spiro atoms. The van der Waals surface area contributed by atoms with E-state index < -0.39 is 0 Å². The van der Waals surface area contributed by atoms with Gasteiger partial charge >= 0.3 is 0 Å². The van der Waals surface area contributed by atoms with E-state index in [1.165, 1.54) is 5.56 Å². The number of carbonyl (C=O) groups is 1. The van der Waals surface area contributed by atoms with Crippen LogP contribution in [0.5, 0.6) is 0 Å². The number of nitrogens with one attached hydrogen (secondary N) is 1. The molecule has 3 nitrogen and oxygen atoms in total. The lowest BCUT2D eigenvalue weighted by Crippen LogP contribution is -2.15. The van der Waals surface area contributed by atoms with Gasteiger partial charge in [0.15, 0.2) is 5.78 Å². The van der Waals surface area contributed by atoms with Crippen molar-refractivity contribution in [2.45, 2.75) is 46.5 Å². The van der Waals surface area contributed by atoms with E-state index in [1.807, 2.05) is 0 Å².